The number of nitrogens with zero attached hydrogens (tertiary/aromatic N) is 2. The van der Waals surface area contributed by atoms with Crippen LogP contribution in [0.1, 0.15) is 48.9 Å². The van der Waals surface area contributed by atoms with Crippen molar-refractivity contribution in [3.63, 3.8) is 0 Å². The third-order valence-corrected chi connectivity index (χ3v) is 6.39. The van der Waals surface area contributed by atoms with Gasteiger partial charge >= 0.3 is 0 Å². The van der Waals surface area contributed by atoms with Crippen molar-refractivity contribution in [3.05, 3.63) is 33.4 Å². The van der Waals surface area contributed by atoms with Gasteiger partial charge in [-0.3, -0.25) is 4.90 Å². The van der Waals surface area contributed by atoms with Gasteiger partial charge in [-0.05, 0) is 61.9 Å². The first-order chi connectivity index (χ1) is 11.6. The van der Waals surface area contributed by atoms with Crippen LogP contribution in [-0.4, -0.2) is 29.0 Å². The lowest BCUT2D eigenvalue weighted by atomic mass is 9.71. The van der Waals surface area contributed by atoms with Gasteiger partial charge in [-0.2, -0.15) is 5.26 Å². The fourth-order valence-corrected chi connectivity index (χ4v) is 5.50. The second kappa shape index (κ2) is 6.20. The number of likely N-dealkylation sites (tertiary alicyclic amines) is 1. The number of nitrogens with one attached hydrogen (secondary N) is 1. The Morgan fingerprint density at radius 2 is 2.25 bits per heavy atom. The average Bonchev–Trinajstić information content (AvgIpc) is 2.85. The second-order valence-corrected chi connectivity index (χ2v) is 8.40. The highest BCUT2D eigenvalue weighted by Gasteiger charge is 2.41. The van der Waals surface area contributed by atoms with Crippen molar-refractivity contribution in [1.82, 2.24) is 9.88 Å². The summed E-state index contributed by atoms with van der Waals surface area (Å²) in [6.07, 6.45) is 4.15. The van der Waals surface area contributed by atoms with Gasteiger partial charge in [0.2, 0.25) is 0 Å². The van der Waals surface area contributed by atoms with Crippen LogP contribution in [0.15, 0.2) is 16.6 Å². The quantitative estimate of drug-likeness (QED) is 0.816. The molecule has 3 atom stereocenters. The van der Waals surface area contributed by atoms with Crippen LogP contribution in [0, 0.1) is 24.2 Å². The fourth-order valence-electron chi connectivity index (χ4n) is 5.02. The third-order valence-electron chi connectivity index (χ3n) is 5.93. The van der Waals surface area contributed by atoms with E-state index in [1.54, 1.807) is 0 Å². The smallest absolute Gasteiger partial charge is 0.0625 e. The number of rotatable bonds is 3. The highest BCUT2D eigenvalue weighted by Crippen LogP contribution is 2.47. The zero-order chi connectivity index (χ0) is 16.8. The summed E-state index contributed by atoms with van der Waals surface area (Å²) in [6.45, 7) is 6.69. The summed E-state index contributed by atoms with van der Waals surface area (Å²) in [6, 6.07) is 7.53. The van der Waals surface area contributed by atoms with E-state index in [0.717, 1.165) is 30.4 Å². The fraction of sp³-hybridized carbons (Fsp3) is 0.550. The molecule has 2 heterocycles. The van der Waals surface area contributed by atoms with Crippen LogP contribution in [0.25, 0.3) is 10.9 Å². The van der Waals surface area contributed by atoms with E-state index >= 15 is 0 Å². The highest BCUT2D eigenvalue weighted by atomic mass is 79.9. The van der Waals surface area contributed by atoms with Crippen LogP contribution in [0.3, 0.4) is 0 Å². The summed E-state index contributed by atoms with van der Waals surface area (Å²) >= 11 is 3.70. The highest BCUT2D eigenvalue weighted by molar-refractivity contribution is 9.10. The monoisotopic (exact) mass is 385 g/mol. The first kappa shape index (κ1) is 16.2. The summed E-state index contributed by atoms with van der Waals surface area (Å²) in [7, 11) is 0. The van der Waals surface area contributed by atoms with Crippen molar-refractivity contribution in [2.45, 2.75) is 51.5 Å². The van der Waals surface area contributed by atoms with Gasteiger partial charge in [0.15, 0.2) is 0 Å². The maximum Gasteiger partial charge on any atom is 0.0625 e. The Bertz CT molecular complexity index is 816. The van der Waals surface area contributed by atoms with Gasteiger partial charge in [-0.25, -0.2) is 0 Å². The molecule has 1 N–H and O–H groups in total. The minimum Gasteiger partial charge on any atom is -0.358 e. The predicted molar refractivity (Wildman–Crippen MR) is 101 cm³/mol. The normalized spacial score (nSPS) is 26.3. The summed E-state index contributed by atoms with van der Waals surface area (Å²) in [5.41, 5.74) is 5.57. The van der Waals surface area contributed by atoms with Gasteiger partial charge in [0.25, 0.3) is 0 Å². The SMILES string of the molecule is CCCN1C[C@H](CC#N)CC2c3cc(Br)cc4[nH]c(C)c(c34)C[C@H]21. The molecular formula is C20H24BrN3. The lowest BCUT2D eigenvalue weighted by Crippen LogP contribution is -2.50. The van der Waals surface area contributed by atoms with Crippen LogP contribution in [0.4, 0.5) is 0 Å². The van der Waals surface area contributed by atoms with Crippen LogP contribution >= 0.6 is 15.9 Å². The van der Waals surface area contributed by atoms with E-state index in [-0.39, 0.29) is 0 Å². The summed E-state index contributed by atoms with van der Waals surface area (Å²) in [5.74, 6) is 1.05. The van der Waals surface area contributed by atoms with Crippen molar-refractivity contribution < 1.29 is 0 Å². The number of hydrogen-bond acceptors (Lipinski definition) is 2. The van der Waals surface area contributed by atoms with Gasteiger partial charge in [-0.1, -0.05) is 22.9 Å². The van der Waals surface area contributed by atoms with E-state index in [1.165, 1.54) is 34.1 Å². The number of nitriles is 1. The standard InChI is InChI=1S/C20H24BrN3/c1-3-6-24-11-13(4-5-22)7-16-17-8-14(21)9-18-20(17)15(10-19(16)24)12(2)23-18/h8-9,13,16,19,23H,3-4,6-7,10-11H2,1-2H3/t13-,16?,19-/m1/s1. The molecule has 24 heavy (non-hydrogen) atoms. The molecule has 3 nitrogen and oxygen atoms in total. The Morgan fingerprint density at radius 3 is 3.00 bits per heavy atom. The predicted octanol–water partition coefficient (Wildman–Crippen LogP) is 4.89. The Labute approximate surface area is 152 Å². The van der Waals surface area contributed by atoms with Gasteiger partial charge in [0, 0.05) is 46.0 Å². The third kappa shape index (κ3) is 2.50. The Morgan fingerprint density at radius 1 is 1.42 bits per heavy atom. The van der Waals surface area contributed by atoms with E-state index in [2.05, 4.69) is 57.9 Å². The molecule has 0 bridgehead atoms. The van der Waals surface area contributed by atoms with Crippen LogP contribution in [0.2, 0.25) is 0 Å². The minimum atomic E-state index is 0.499. The van der Waals surface area contributed by atoms with Crippen molar-refractivity contribution >= 4 is 26.8 Å². The lowest BCUT2D eigenvalue weighted by Gasteiger charge is -2.47. The Hall–Kier alpha value is -1.31. The van der Waals surface area contributed by atoms with Crippen LogP contribution < -0.4 is 0 Å². The van der Waals surface area contributed by atoms with E-state index in [9.17, 15) is 5.26 Å². The molecule has 0 radical (unpaired) electrons. The molecule has 1 aromatic carbocycles. The molecule has 2 aliphatic rings. The van der Waals surface area contributed by atoms with Crippen molar-refractivity contribution in [3.8, 4) is 6.07 Å². The van der Waals surface area contributed by atoms with Gasteiger partial charge in [0.05, 0.1) is 6.07 Å². The Kier molecular flexibility index (Phi) is 4.18. The van der Waals surface area contributed by atoms with Gasteiger partial charge in [-0.15, -0.1) is 0 Å². The first-order valence-electron chi connectivity index (χ1n) is 9.04. The molecule has 1 fully saturated rings. The molecule has 126 valence electrons. The molecule has 1 saturated heterocycles. The van der Waals surface area contributed by atoms with E-state index in [1.807, 2.05) is 0 Å². The van der Waals surface area contributed by atoms with Crippen molar-refractivity contribution in [1.29, 1.82) is 5.26 Å². The topological polar surface area (TPSA) is 42.8 Å². The molecule has 1 aromatic heterocycles. The molecule has 0 spiro atoms. The number of aromatic nitrogens is 1. The molecule has 4 heteroatoms. The second-order valence-electron chi connectivity index (χ2n) is 7.48. The van der Waals surface area contributed by atoms with Crippen LogP contribution in [0.5, 0.6) is 0 Å². The molecule has 0 amide bonds. The number of H-pyrrole nitrogens is 1. The number of piperidine rings is 1. The molecule has 1 unspecified atom stereocenters. The van der Waals surface area contributed by atoms with Crippen LogP contribution in [-0.2, 0) is 6.42 Å². The summed E-state index contributed by atoms with van der Waals surface area (Å²) < 4.78 is 1.16. The number of aryl methyl sites for hydroxylation is 1. The van der Waals surface area contributed by atoms with Gasteiger partial charge in [0.1, 0.15) is 0 Å². The largest absolute Gasteiger partial charge is 0.358 e. The maximum atomic E-state index is 9.21. The molecule has 1 aliphatic carbocycles. The molecule has 1 aliphatic heterocycles. The number of halogens is 1. The molecular weight excluding hydrogens is 362 g/mol. The van der Waals surface area contributed by atoms with Crippen molar-refractivity contribution in [2.75, 3.05) is 13.1 Å². The van der Waals surface area contributed by atoms with E-state index in [0.29, 0.717) is 24.3 Å². The molecule has 2 aromatic rings. The first-order valence-corrected chi connectivity index (χ1v) is 9.83. The molecule has 4 rings (SSSR count). The number of benzene rings is 1. The summed E-state index contributed by atoms with van der Waals surface area (Å²) in [5, 5.41) is 10.7. The van der Waals surface area contributed by atoms with E-state index < -0.39 is 0 Å². The van der Waals surface area contributed by atoms with Gasteiger partial charge < -0.3 is 4.98 Å². The lowest BCUT2D eigenvalue weighted by molar-refractivity contribution is 0.0860. The van der Waals surface area contributed by atoms with Crippen molar-refractivity contribution in [2.24, 2.45) is 5.92 Å². The van der Waals surface area contributed by atoms with E-state index in [4.69, 9.17) is 0 Å². The minimum absolute atomic E-state index is 0.499. The summed E-state index contributed by atoms with van der Waals surface area (Å²) in [4.78, 5) is 6.26. The maximum absolute atomic E-state index is 9.21. The number of aromatic amines is 1. The average molecular weight is 386 g/mol. The number of hydrogen-bond donors (Lipinski definition) is 1. The zero-order valence-corrected chi connectivity index (χ0v) is 16.0. The number of fused-ring (bicyclic) bond motifs is 2. The molecule has 0 saturated carbocycles. The zero-order valence-electron chi connectivity index (χ0n) is 14.4. The Balaban J connectivity index is 1.84.